The van der Waals surface area contributed by atoms with Crippen molar-refractivity contribution in [1.29, 1.82) is 0 Å². The highest BCUT2D eigenvalue weighted by Crippen LogP contribution is 2.14. The molecule has 2 rings (SSSR count). The normalized spacial score (nSPS) is 18.0. The molecule has 120 valence electrons. The van der Waals surface area contributed by atoms with Crippen LogP contribution in [0.1, 0.15) is 18.9 Å². The Labute approximate surface area is 129 Å². The summed E-state index contributed by atoms with van der Waals surface area (Å²) in [5.41, 5.74) is 1.06. The van der Waals surface area contributed by atoms with Crippen molar-refractivity contribution in [3.63, 3.8) is 0 Å². The summed E-state index contributed by atoms with van der Waals surface area (Å²) in [5, 5.41) is 8.94. The van der Waals surface area contributed by atoms with E-state index in [9.17, 15) is 9.59 Å². The first kappa shape index (κ1) is 16.3. The third kappa shape index (κ3) is 4.46. The van der Waals surface area contributed by atoms with E-state index in [-0.39, 0.29) is 19.1 Å². The van der Waals surface area contributed by atoms with Crippen LogP contribution in [0.4, 0.5) is 0 Å². The molecule has 0 aromatic heterocycles. The zero-order valence-corrected chi connectivity index (χ0v) is 12.7. The molecule has 0 bridgehead atoms. The van der Waals surface area contributed by atoms with E-state index in [1.165, 1.54) is 0 Å². The third-order valence-corrected chi connectivity index (χ3v) is 3.56. The Bertz CT molecular complexity index is 514. The molecule has 0 saturated carbocycles. The highest BCUT2D eigenvalue weighted by atomic mass is 16.5. The summed E-state index contributed by atoms with van der Waals surface area (Å²) in [6, 6.07) is 7.66. The van der Waals surface area contributed by atoms with Gasteiger partial charge in [0.25, 0.3) is 0 Å². The second-order valence-corrected chi connectivity index (χ2v) is 5.11. The van der Waals surface area contributed by atoms with Gasteiger partial charge in [0.1, 0.15) is 5.75 Å². The second-order valence-electron chi connectivity index (χ2n) is 5.11. The van der Waals surface area contributed by atoms with E-state index in [4.69, 9.17) is 14.6 Å². The van der Waals surface area contributed by atoms with Crippen LogP contribution in [-0.4, -0.2) is 54.3 Å². The molecule has 0 aliphatic carbocycles. The third-order valence-electron chi connectivity index (χ3n) is 3.56. The molecule has 1 aromatic rings. The number of amides is 1. The van der Waals surface area contributed by atoms with Gasteiger partial charge < -0.3 is 19.5 Å². The fourth-order valence-corrected chi connectivity index (χ4v) is 2.35. The average Bonchev–Trinajstić information content (AvgIpc) is 2.54. The molecule has 6 nitrogen and oxygen atoms in total. The topological polar surface area (TPSA) is 76.1 Å². The van der Waals surface area contributed by atoms with E-state index in [0.29, 0.717) is 26.0 Å². The Kier molecular flexibility index (Phi) is 5.77. The van der Waals surface area contributed by atoms with Gasteiger partial charge in [0.05, 0.1) is 19.8 Å². The Morgan fingerprint density at radius 1 is 1.36 bits per heavy atom. The minimum absolute atomic E-state index is 0.0385. The molecular weight excluding hydrogens is 286 g/mol. The van der Waals surface area contributed by atoms with Crippen LogP contribution in [0.15, 0.2) is 24.3 Å². The maximum Gasteiger partial charge on any atom is 0.334 e. The molecule has 6 heteroatoms. The fourth-order valence-electron chi connectivity index (χ4n) is 2.35. The number of carbonyl (C=O) groups excluding carboxylic acids is 1. The maximum absolute atomic E-state index is 12.2. The molecule has 1 atom stereocenters. The Morgan fingerprint density at radius 3 is 2.73 bits per heavy atom. The molecule has 1 aromatic carbocycles. The van der Waals surface area contributed by atoms with E-state index < -0.39 is 12.1 Å². The molecule has 1 amide bonds. The second kappa shape index (κ2) is 7.79. The van der Waals surface area contributed by atoms with Crippen LogP contribution < -0.4 is 4.74 Å². The number of aryl methyl sites for hydroxylation is 1. The van der Waals surface area contributed by atoms with Crippen LogP contribution in [0.5, 0.6) is 5.75 Å². The van der Waals surface area contributed by atoms with Crippen LogP contribution in [0.25, 0.3) is 0 Å². The number of hydrogen-bond acceptors (Lipinski definition) is 4. The molecule has 1 aliphatic rings. The lowest BCUT2D eigenvalue weighted by molar-refractivity contribution is -0.159. The molecule has 0 spiro atoms. The highest BCUT2D eigenvalue weighted by molar-refractivity contribution is 5.78. The standard InChI is InChI=1S/C16H21NO5/c1-2-21-13-6-3-12(4-7-13)5-8-15(18)17-9-10-22-14(11-17)16(19)20/h3-4,6-7,14H,2,5,8-11H2,1H3,(H,19,20)/t14-/m1/s1. The van der Waals surface area contributed by atoms with Crippen molar-refractivity contribution >= 4 is 11.9 Å². The summed E-state index contributed by atoms with van der Waals surface area (Å²) >= 11 is 0. The minimum atomic E-state index is -1.02. The van der Waals surface area contributed by atoms with Crippen molar-refractivity contribution in [1.82, 2.24) is 4.90 Å². The Hall–Kier alpha value is -2.08. The van der Waals surface area contributed by atoms with Crippen molar-refractivity contribution in [2.45, 2.75) is 25.9 Å². The van der Waals surface area contributed by atoms with Gasteiger partial charge in [-0.15, -0.1) is 0 Å². The van der Waals surface area contributed by atoms with Gasteiger partial charge in [0.15, 0.2) is 6.10 Å². The van der Waals surface area contributed by atoms with Crippen LogP contribution in [-0.2, 0) is 20.7 Å². The SMILES string of the molecule is CCOc1ccc(CCC(=O)N2CCO[C@@H](C(=O)O)C2)cc1. The number of benzene rings is 1. The molecule has 0 unspecified atom stereocenters. The quantitative estimate of drug-likeness (QED) is 0.858. The number of rotatable bonds is 6. The van der Waals surface area contributed by atoms with Gasteiger partial charge in [-0.2, -0.15) is 0 Å². The number of carbonyl (C=O) groups is 2. The molecule has 1 aliphatic heterocycles. The number of carboxylic acids is 1. The van der Waals surface area contributed by atoms with Gasteiger partial charge in [-0.3, -0.25) is 4.79 Å². The molecule has 1 saturated heterocycles. The zero-order valence-electron chi connectivity index (χ0n) is 12.7. The molecule has 0 radical (unpaired) electrons. The number of aliphatic carboxylic acids is 1. The first-order chi connectivity index (χ1) is 10.6. The van der Waals surface area contributed by atoms with Crippen LogP contribution in [0.2, 0.25) is 0 Å². The van der Waals surface area contributed by atoms with Gasteiger partial charge in [0.2, 0.25) is 5.91 Å². The number of carboxylic acid groups (broad SMARTS) is 1. The van der Waals surface area contributed by atoms with Gasteiger partial charge in [-0.25, -0.2) is 4.79 Å². The lowest BCUT2D eigenvalue weighted by Gasteiger charge is -2.31. The monoisotopic (exact) mass is 307 g/mol. The predicted octanol–water partition coefficient (Wildman–Crippen LogP) is 1.33. The highest BCUT2D eigenvalue weighted by Gasteiger charge is 2.28. The first-order valence-corrected chi connectivity index (χ1v) is 7.44. The molecular formula is C16H21NO5. The van der Waals surface area contributed by atoms with Gasteiger partial charge in [-0.05, 0) is 31.0 Å². The summed E-state index contributed by atoms with van der Waals surface area (Å²) < 4.78 is 10.5. The lowest BCUT2D eigenvalue weighted by atomic mass is 10.1. The van der Waals surface area contributed by atoms with Crippen molar-refractivity contribution in [2.75, 3.05) is 26.3 Å². The summed E-state index contributed by atoms with van der Waals surface area (Å²) in [5.74, 6) is -0.248. The van der Waals surface area contributed by atoms with E-state index in [1.54, 1.807) is 4.90 Å². The molecule has 1 heterocycles. The van der Waals surface area contributed by atoms with Gasteiger partial charge in [0, 0.05) is 13.0 Å². The van der Waals surface area contributed by atoms with Crippen molar-refractivity contribution in [3.8, 4) is 5.75 Å². The van der Waals surface area contributed by atoms with Crippen LogP contribution >= 0.6 is 0 Å². The molecule has 22 heavy (non-hydrogen) atoms. The van der Waals surface area contributed by atoms with Crippen molar-refractivity contribution in [3.05, 3.63) is 29.8 Å². The first-order valence-electron chi connectivity index (χ1n) is 7.44. The summed E-state index contributed by atoms with van der Waals surface area (Å²) in [4.78, 5) is 24.6. The number of hydrogen-bond donors (Lipinski definition) is 1. The molecule has 1 fully saturated rings. The number of nitrogens with zero attached hydrogens (tertiary/aromatic N) is 1. The Balaban J connectivity index is 1.83. The number of ether oxygens (including phenoxy) is 2. The average molecular weight is 307 g/mol. The van der Waals surface area contributed by atoms with E-state index in [2.05, 4.69) is 0 Å². The number of morpholine rings is 1. The van der Waals surface area contributed by atoms with Crippen molar-refractivity contribution < 1.29 is 24.2 Å². The molecule has 1 N–H and O–H groups in total. The Morgan fingerprint density at radius 2 is 2.09 bits per heavy atom. The largest absolute Gasteiger partial charge is 0.494 e. The van der Waals surface area contributed by atoms with Crippen LogP contribution in [0.3, 0.4) is 0 Å². The lowest BCUT2D eigenvalue weighted by Crippen LogP contribution is -2.48. The zero-order chi connectivity index (χ0) is 15.9. The van der Waals surface area contributed by atoms with E-state index in [0.717, 1.165) is 11.3 Å². The summed E-state index contributed by atoms with van der Waals surface area (Å²) in [6.45, 7) is 3.40. The van der Waals surface area contributed by atoms with Gasteiger partial charge in [-0.1, -0.05) is 12.1 Å². The minimum Gasteiger partial charge on any atom is -0.494 e. The van der Waals surface area contributed by atoms with Crippen molar-refractivity contribution in [2.24, 2.45) is 0 Å². The predicted molar refractivity (Wildman–Crippen MR) is 79.9 cm³/mol. The maximum atomic E-state index is 12.2. The van der Waals surface area contributed by atoms with E-state index in [1.807, 2.05) is 31.2 Å². The summed E-state index contributed by atoms with van der Waals surface area (Å²) in [7, 11) is 0. The smallest absolute Gasteiger partial charge is 0.334 e. The van der Waals surface area contributed by atoms with Crippen LogP contribution in [0, 0.1) is 0 Å². The fraction of sp³-hybridized carbons (Fsp3) is 0.500. The van der Waals surface area contributed by atoms with E-state index >= 15 is 0 Å². The summed E-state index contributed by atoms with van der Waals surface area (Å²) in [6.07, 6.45) is 0.0730. The van der Waals surface area contributed by atoms with Gasteiger partial charge >= 0.3 is 5.97 Å².